The van der Waals surface area contributed by atoms with Gasteiger partial charge in [-0.2, -0.15) is 18.3 Å². The molecule has 0 saturated carbocycles. The second kappa shape index (κ2) is 8.82. The van der Waals surface area contributed by atoms with Gasteiger partial charge in [0.1, 0.15) is 0 Å². The van der Waals surface area contributed by atoms with E-state index in [9.17, 15) is 26.4 Å². The average molecular weight is 551 g/mol. The van der Waals surface area contributed by atoms with E-state index in [0.29, 0.717) is 41.7 Å². The van der Waals surface area contributed by atoms with Gasteiger partial charge in [-0.15, -0.1) is 0 Å². The normalized spacial score (nSPS) is 15.1. The summed E-state index contributed by atoms with van der Waals surface area (Å²) in [5.41, 5.74) is 1.13. The molecule has 0 unspecified atom stereocenters. The number of primary sulfonamides is 1. The molecule has 1 saturated heterocycles. The van der Waals surface area contributed by atoms with Crippen molar-refractivity contribution in [3.8, 4) is 11.1 Å². The van der Waals surface area contributed by atoms with Gasteiger partial charge in [-0.3, -0.25) is 14.5 Å². The monoisotopic (exact) mass is 550 g/mol. The topological polar surface area (TPSA) is 114 Å². The highest BCUT2D eigenvalue weighted by Crippen LogP contribution is 2.38. The van der Waals surface area contributed by atoms with E-state index in [1.54, 1.807) is 37.5 Å². The van der Waals surface area contributed by atoms with Crippen molar-refractivity contribution in [2.45, 2.75) is 23.7 Å². The fourth-order valence-electron chi connectivity index (χ4n) is 4.35. The smallest absolute Gasteiger partial charge is 0.294 e. The summed E-state index contributed by atoms with van der Waals surface area (Å²) in [4.78, 5) is 20.4. The number of amides is 2. The minimum absolute atomic E-state index is 0.0976. The lowest BCUT2D eigenvalue weighted by Crippen LogP contribution is -2.49. The van der Waals surface area contributed by atoms with Crippen molar-refractivity contribution in [2.75, 3.05) is 22.9 Å². The van der Waals surface area contributed by atoms with Crippen LogP contribution in [0.25, 0.3) is 22.0 Å². The highest BCUT2D eigenvalue weighted by atomic mass is 32.2. The summed E-state index contributed by atoms with van der Waals surface area (Å²) in [5.74, 6) is 0. The van der Waals surface area contributed by atoms with Gasteiger partial charge in [0.15, 0.2) is 9.34 Å². The van der Waals surface area contributed by atoms with Crippen LogP contribution < -0.4 is 14.9 Å². The van der Waals surface area contributed by atoms with Gasteiger partial charge >= 0.3 is 12.2 Å². The maximum Gasteiger partial charge on any atom is 0.416 e. The Morgan fingerprint density at radius 2 is 1.76 bits per heavy atom. The number of urea groups is 1. The van der Waals surface area contributed by atoms with Crippen molar-refractivity contribution in [2.24, 2.45) is 12.2 Å². The number of thiazole rings is 1. The van der Waals surface area contributed by atoms with Gasteiger partial charge in [0.2, 0.25) is 10.0 Å². The molecule has 0 radical (unpaired) electrons. The van der Waals surface area contributed by atoms with E-state index in [1.165, 1.54) is 21.4 Å². The number of aromatic nitrogens is 3. The molecule has 2 N–H and O–H groups in total. The molecule has 194 valence electrons. The van der Waals surface area contributed by atoms with Crippen LogP contribution in [0, 0.1) is 6.92 Å². The molecule has 2 aromatic carbocycles. The van der Waals surface area contributed by atoms with E-state index in [1.807, 2.05) is 0 Å². The number of sulfonamides is 1. The third kappa shape index (κ3) is 4.67. The summed E-state index contributed by atoms with van der Waals surface area (Å²) < 4.78 is 65.5. The van der Waals surface area contributed by atoms with Gasteiger partial charge < -0.3 is 0 Å². The Hall–Kier alpha value is -3.49. The Labute approximate surface area is 214 Å². The molecule has 3 heterocycles. The van der Waals surface area contributed by atoms with Crippen LogP contribution in [0.1, 0.15) is 17.7 Å². The first-order valence-electron chi connectivity index (χ1n) is 11.1. The zero-order valence-electron chi connectivity index (χ0n) is 19.7. The second-order valence-electron chi connectivity index (χ2n) is 8.66. The molecule has 2 aromatic heterocycles. The average Bonchev–Trinajstić information content (AvgIpc) is 3.40. The van der Waals surface area contributed by atoms with E-state index in [0.717, 1.165) is 23.5 Å². The summed E-state index contributed by atoms with van der Waals surface area (Å²) in [6.45, 7) is 2.28. The number of anilines is 2. The van der Waals surface area contributed by atoms with Crippen LogP contribution in [0.3, 0.4) is 0 Å². The number of aryl methyl sites for hydroxylation is 2. The number of benzene rings is 2. The first-order valence-corrected chi connectivity index (χ1v) is 13.4. The fourth-order valence-corrected chi connectivity index (χ4v) is 6.32. The maximum atomic E-state index is 13.5. The molecule has 4 aromatic rings. The van der Waals surface area contributed by atoms with Gasteiger partial charge in [-0.25, -0.2) is 23.3 Å². The van der Waals surface area contributed by atoms with Crippen molar-refractivity contribution >= 4 is 49.1 Å². The molecule has 37 heavy (non-hydrogen) atoms. The van der Waals surface area contributed by atoms with E-state index < -0.39 is 21.8 Å². The SMILES string of the molecule is Cc1nc(N2CCCN(c3ccc(-c4cc(C(F)(F)F)cc5nn(C)cc45)cc3)C2=O)sc1S(N)(=O)=O. The molecule has 0 bridgehead atoms. The molecule has 2 amide bonds. The van der Waals surface area contributed by atoms with Crippen LogP contribution in [0.15, 0.2) is 46.8 Å². The highest BCUT2D eigenvalue weighted by molar-refractivity contribution is 7.91. The van der Waals surface area contributed by atoms with Crippen molar-refractivity contribution in [1.82, 2.24) is 14.8 Å². The number of nitrogens with zero attached hydrogens (tertiary/aromatic N) is 5. The number of hydrogen-bond acceptors (Lipinski definition) is 6. The summed E-state index contributed by atoms with van der Waals surface area (Å²) in [6, 6.07) is 8.40. The molecule has 9 nitrogen and oxygen atoms in total. The standard InChI is InChI=1S/C23H21F3N6O3S2/c1-13-20(37(27,34)35)36-21(28-13)32-9-3-8-31(22(32)33)16-6-4-14(5-7-16)17-10-15(23(24,25)26)11-19-18(17)12-30(2)29-19/h4-7,10-12H,3,8-9H2,1-2H3,(H2,27,34,35). The number of fused-ring (bicyclic) bond motifs is 1. The van der Waals surface area contributed by atoms with Crippen molar-refractivity contribution in [3.05, 3.63) is 53.9 Å². The summed E-state index contributed by atoms with van der Waals surface area (Å²) in [5, 5.41) is 10.2. The summed E-state index contributed by atoms with van der Waals surface area (Å²) in [7, 11) is -2.32. The van der Waals surface area contributed by atoms with E-state index in [2.05, 4.69) is 10.1 Å². The van der Waals surface area contributed by atoms with Crippen molar-refractivity contribution in [1.29, 1.82) is 0 Å². The molecule has 14 heteroatoms. The van der Waals surface area contributed by atoms with E-state index in [-0.39, 0.29) is 26.6 Å². The van der Waals surface area contributed by atoms with E-state index in [4.69, 9.17) is 5.14 Å². The number of rotatable bonds is 4. The summed E-state index contributed by atoms with van der Waals surface area (Å²) >= 11 is 0.835. The second-order valence-corrected chi connectivity index (χ2v) is 11.4. The van der Waals surface area contributed by atoms with Gasteiger partial charge in [0.05, 0.1) is 16.8 Å². The molecule has 0 aliphatic carbocycles. The molecule has 5 rings (SSSR count). The van der Waals surface area contributed by atoms with Gasteiger partial charge in [0.25, 0.3) is 0 Å². The molecule has 0 spiro atoms. The minimum Gasteiger partial charge on any atom is -0.294 e. The molecular formula is C23H21F3N6O3S2. The number of alkyl halides is 3. The number of carbonyl (C=O) groups is 1. The molecule has 1 fully saturated rings. The zero-order chi connectivity index (χ0) is 26.7. The highest BCUT2D eigenvalue weighted by Gasteiger charge is 2.33. The Balaban J connectivity index is 1.47. The number of halogens is 3. The third-order valence-electron chi connectivity index (χ3n) is 6.01. The zero-order valence-corrected chi connectivity index (χ0v) is 21.3. The molecule has 0 atom stereocenters. The lowest BCUT2D eigenvalue weighted by molar-refractivity contribution is -0.137. The Kier molecular flexibility index (Phi) is 6.00. The minimum atomic E-state index is -4.53. The Bertz CT molecular complexity index is 1630. The van der Waals surface area contributed by atoms with Crippen LogP contribution >= 0.6 is 11.3 Å². The number of carbonyl (C=O) groups excluding carboxylic acids is 1. The third-order valence-corrected chi connectivity index (χ3v) is 8.75. The quantitative estimate of drug-likeness (QED) is 0.402. The van der Waals surface area contributed by atoms with Crippen molar-refractivity contribution in [3.63, 3.8) is 0 Å². The molecular weight excluding hydrogens is 529 g/mol. The lowest BCUT2D eigenvalue weighted by Gasteiger charge is -2.34. The Morgan fingerprint density at radius 1 is 1.08 bits per heavy atom. The summed E-state index contributed by atoms with van der Waals surface area (Å²) in [6.07, 6.45) is -2.27. The number of hydrogen-bond donors (Lipinski definition) is 1. The lowest BCUT2D eigenvalue weighted by atomic mass is 9.98. The van der Waals surface area contributed by atoms with Gasteiger partial charge in [-0.05, 0) is 48.7 Å². The van der Waals surface area contributed by atoms with E-state index >= 15 is 0 Å². The van der Waals surface area contributed by atoms with Crippen LogP contribution in [-0.4, -0.2) is 42.3 Å². The van der Waals surface area contributed by atoms with Crippen LogP contribution in [0.2, 0.25) is 0 Å². The predicted octanol–water partition coefficient (Wildman–Crippen LogP) is 4.51. The van der Waals surface area contributed by atoms with Crippen LogP contribution in [0.5, 0.6) is 0 Å². The number of nitrogens with two attached hydrogens (primary N) is 1. The predicted molar refractivity (Wildman–Crippen MR) is 134 cm³/mol. The fraction of sp³-hybridized carbons (Fsp3) is 0.261. The van der Waals surface area contributed by atoms with Crippen molar-refractivity contribution < 1.29 is 26.4 Å². The van der Waals surface area contributed by atoms with Crippen LogP contribution in [0.4, 0.5) is 28.8 Å². The first-order chi connectivity index (χ1) is 17.3. The first kappa shape index (κ1) is 25.2. The largest absolute Gasteiger partial charge is 0.416 e. The van der Waals surface area contributed by atoms with Gasteiger partial charge in [0, 0.05) is 37.4 Å². The van der Waals surface area contributed by atoms with Crippen LogP contribution in [-0.2, 0) is 23.2 Å². The van der Waals surface area contributed by atoms with Gasteiger partial charge in [-0.1, -0.05) is 23.5 Å². The molecule has 1 aliphatic rings. The Morgan fingerprint density at radius 3 is 2.38 bits per heavy atom. The molecule has 1 aliphatic heterocycles. The maximum absolute atomic E-state index is 13.5.